The molecule has 1 aliphatic rings. The molecule has 0 saturated carbocycles. The number of unbranched alkanes of at least 4 members (excludes halogenated alkanes) is 4. The van der Waals surface area contributed by atoms with Crippen molar-refractivity contribution in [2.75, 3.05) is 31.4 Å². The van der Waals surface area contributed by atoms with Gasteiger partial charge in [0, 0.05) is 11.4 Å². The van der Waals surface area contributed by atoms with Crippen LogP contribution >= 0.6 is 11.8 Å². The third-order valence-corrected chi connectivity index (χ3v) is 7.02. The zero-order valence-electron chi connectivity index (χ0n) is 22.3. The summed E-state index contributed by atoms with van der Waals surface area (Å²) in [5, 5.41) is 8.70. The summed E-state index contributed by atoms with van der Waals surface area (Å²) in [6, 6.07) is 5.31. The molecule has 1 aliphatic heterocycles. The fourth-order valence-electron chi connectivity index (χ4n) is 4.03. The standard InChI is InChI=1S/C27H40N4O4S/c1-6-9-11-12-16-34-21-14-13-20(18-22(21)33-5)24-23(25(32)35-15-10-7-2)19(4)28-26-29-27(30-31(24)26)36-17-8-3/h13-14,18,24H,6-12,15-17H2,1-5H3,(H,28,29,30). The van der Waals surface area contributed by atoms with Gasteiger partial charge >= 0.3 is 5.97 Å². The van der Waals surface area contributed by atoms with Gasteiger partial charge in [0.15, 0.2) is 11.5 Å². The maximum absolute atomic E-state index is 13.3. The SMILES string of the molecule is CCCCCCOc1ccc(C2C(C(=O)OCCCC)=C(C)Nc3nc(SCCC)nn32)cc1OC. The number of anilines is 1. The lowest BCUT2D eigenvalue weighted by molar-refractivity contribution is -0.139. The van der Waals surface area contributed by atoms with Gasteiger partial charge in [-0.05, 0) is 43.9 Å². The van der Waals surface area contributed by atoms with Gasteiger partial charge in [0.2, 0.25) is 11.1 Å². The molecule has 8 nitrogen and oxygen atoms in total. The van der Waals surface area contributed by atoms with Gasteiger partial charge in [-0.15, -0.1) is 5.10 Å². The first-order valence-electron chi connectivity index (χ1n) is 13.1. The van der Waals surface area contributed by atoms with Crippen LogP contribution in [0.3, 0.4) is 0 Å². The number of hydrogen-bond donors (Lipinski definition) is 1. The third-order valence-electron chi connectivity index (χ3n) is 5.98. The summed E-state index contributed by atoms with van der Waals surface area (Å²) in [7, 11) is 1.63. The van der Waals surface area contributed by atoms with E-state index in [2.05, 4.69) is 31.1 Å². The van der Waals surface area contributed by atoms with Gasteiger partial charge in [-0.3, -0.25) is 0 Å². The van der Waals surface area contributed by atoms with Crippen molar-refractivity contribution < 1.29 is 19.0 Å². The van der Waals surface area contributed by atoms with Gasteiger partial charge in [-0.25, -0.2) is 9.48 Å². The first-order valence-corrected chi connectivity index (χ1v) is 14.1. The predicted molar refractivity (Wildman–Crippen MR) is 144 cm³/mol. The van der Waals surface area contributed by atoms with Crippen LogP contribution in [0.5, 0.6) is 11.5 Å². The molecule has 1 N–H and O–H groups in total. The molecule has 2 aromatic rings. The molecule has 2 heterocycles. The zero-order valence-corrected chi connectivity index (χ0v) is 23.1. The summed E-state index contributed by atoms with van der Waals surface area (Å²) >= 11 is 1.60. The molecular formula is C27H40N4O4S. The average molecular weight is 517 g/mol. The predicted octanol–water partition coefficient (Wildman–Crippen LogP) is 6.38. The molecule has 0 radical (unpaired) electrons. The second-order valence-corrected chi connectivity index (χ2v) is 9.95. The zero-order chi connectivity index (χ0) is 25.9. The van der Waals surface area contributed by atoms with E-state index >= 15 is 0 Å². The van der Waals surface area contributed by atoms with E-state index in [4.69, 9.17) is 19.3 Å². The van der Waals surface area contributed by atoms with Crippen LogP contribution in [-0.4, -0.2) is 46.8 Å². The number of esters is 1. The van der Waals surface area contributed by atoms with E-state index in [1.807, 2.05) is 25.1 Å². The number of rotatable bonds is 15. The molecule has 36 heavy (non-hydrogen) atoms. The monoisotopic (exact) mass is 516 g/mol. The number of nitrogens with one attached hydrogen (secondary N) is 1. The molecule has 0 fully saturated rings. The van der Waals surface area contributed by atoms with E-state index in [9.17, 15) is 4.79 Å². The van der Waals surface area contributed by atoms with Crippen molar-refractivity contribution in [3.8, 4) is 11.5 Å². The number of allylic oxidation sites excluding steroid dienone is 1. The van der Waals surface area contributed by atoms with Crippen LogP contribution in [0.2, 0.25) is 0 Å². The Bertz CT molecular complexity index is 1040. The fourth-order valence-corrected chi connectivity index (χ4v) is 4.71. The first kappa shape index (κ1) is 27.9. The van der Waals surface area contributed by atoms with E-state index in [1.54, 1.807) is 23.6 Å². The summed E-state index contributed by atoms with van der Waals surface area (Å²) in [5.41, 5.74) is 2.08. The van der Waals surface area contributed by atoms with Crippen LogP contribution in [0.25, 0.3) is 0 Å². The van der Waals surface area contributed by atoms with Crippen LogP contribution in [0.4, 0.5) is 5.95 Å². The normalized spacial score (nSPS) is 14.9. The number of methoxy groups -OCH3 is 1. The highest BCUT2D eigenvalue weighted by Crippen LogP contribution is 2.40. The first-order chi connectivity index (χ1) is 17.5. The Hall–Kier alpha value is -2.68. The van der Waals surface area contributed by atoms with Gasteiger partial charge < -0.3 is 19.5 Å². The molecule has 0 amide bonds. The molecular weight excluding hydrogens is 476 g/mol. The van der Waals surface area contributed by atoms with E-state index in [0.717, 1.165) is 43.4 Å². The Labute approximate surface area is 219 Å². The number of fused-ring (bicyclic) bond motifs is 1. The second-order valence-electron chi connectivity index (χ2n) is 8.89. The number of hydrogen-bond acceptors (Lipinski definition) is 8. The molecule has 1 unspecified atom stereocenters. The van der Waals surface area contributed by atoms with E-state index in [-0.39, 0.29) is 5.97 Å². The smallest absolute Gasteiger partial charge is 0.338 e. The topological polar surface area (TPSA) is 87.5 Å². The molecule has 198 valence electrons. The van der Waals surface area contributed by atoms with Crippen molar-refractivity contribution in [1.29, 1.82) is 0 Å². The van der Waals surface area contributed by atoms with Crippen molar-refractivity contribution in [2.45, 2.75) is 83.8 Å². The van der Waals surface area contributed by atoms with Crippen LogP contribution < -0.4 is 14.8 Å². The summed E-state index contributed by atoms with van der Waals surface area (Å²) in [4.78, 5) is 17.9. The van der Waals surface area contributed by atoms with E-state index in [1.165, 1.54) is 12.8 Å². The lowest BCUT2D eigenvalue weighted by atomic mass is 9.95. The Morgan fingerprint density at radius 3 is 2.58 bits per heavy atom. The largest absolute Gasteiger partial charge is 0.493 e. The number of aromatic nitrogens is 3. The number of ether oxygens (including phenoxy) is 3. The van der Waals surface area contributed by atoms with Crippen molar-refractivity contribution in [1.82, 2.24) is 14.8 Å². The molecule has 0 saturated heterocycles. The molecule has 1 atom stereocenters. The number of carbonyl (C=O) groups is 1. The minimum absolute atomic E-state index is 0.349. The lowest BCUT2D eigenvalue weighted by Crippen LogP contribution is -2.29. The second kappa shape index (κ2) is 14.2. The molecule has 1 aromatic carbocycles. The number of benzene rings is 1. The maximum Gasteiger partial charge on any atom is 0.338 e. The highest BCUT2D eigenvalue weighted by molar-refractivity contribution is 7.99. The fraction of sp³-hybridized carbons (Fsp3) is 0.593. The highest BCUT2D eigenvalue weighted by atomic mass is 32.2. The van der Waals surface area contributed by atoms with E-state index < -0.39 is 6.04 Å². The van der Waals surface area contributed by atoms with Gasteiger partial charge in [0.25, 0.3) is 0 Å². The van der Waals surface area contributed by atoms with Gasteiger partial charge in [0.05, 0.1) is 25.9 Å². The van der Waals surface area contributed by atoms with Crippen molar-refractivity contribution in [3.05, 3.63) is 35.0 Å². The van der Waals surface area contributed by atoms with E-state index in [0.29, 0.717) is 47.1 Å². The van der Waals surface area contributed by atoms with Gasteiger partial charge in [-0.2, -0.15) is 4.98 Å². The van der Waals surface area contributed by atoms with Gasteiger partial charge in [0.1, 0.15) is 6.04 Å². The average Bonchev–Trinajstić information content (AvgIpc) is 3.28. The van der Waals surface area contributed by atoms with Crippen molar-refractivity contribution in [2.24, 2.45) is 0 Å². The maximum atomic E-state index is 13.3. The summed E-state index contributed by atoms with van der Waals surface area (Å²) < 4.78 is 19.1. The van der Waals surface area contributed by atoms with Crippen molar-refractivity contribution >= 4 is 23.7 Å². The quantitative estimate of drug-likeness (QED) is 0.166. The Morgan fingerprint density at radius 1 is 1.06 bits per heavy atom. The van der Waals surface area contributed by atoms with Crippen molar-refractivity contribution in [3.63, 3.8) is 0 Å². The van der Waals surface area contributed by atoms with Crippen LogP contribution in [0.15, 0.2) is 34.6 Å². The minimum atomic E-state index is -0.494. The highest BCUT2D eigenvalue weighted by Gasteiger charge is 2.35. The number of nitrogens with zero attached hydrogens (tertiary/aromatic N) is 3. The summed E-state index contributed by atoms with van der Waals surface area (Å²) in [6.45, 7) is 9.29. The minimum Gasteiger partial charge on any atom is -0.493 e. The number of thioether (sulfide) groups is 1. The molecule has 1 aromatic heterocycles. The molecule has 9 heteroatoms. The molecule has 0 spiro atoms. The summed E-state index contributed by atoms with van der Waals surface area (Å²) in [6.07, 6.45) is 7.34. The lowest BCUT2D eigenvalue weighted by Gasteiger charge is -2.28. The Kier molecular flexibility index (Phi) is 11.0. The number of carbonyl (C=O) groups excluding carboxylic acids is 1. The Morgan fingerprint density at radius 2 is 1.86 bits per heavy atom. The van der Waals surface area contributed by atoms with Gasteiger partial charge in [-0.1, -0.05) is 64.3 Å². The summed E-state index contributed by atoms with van der Waals surface area (Å²) in [5.74, 6) is 2.50. The van der Waals surface area contributed by atoms with Crippen LogP contribution in [0, 0.1) is 0 Å². The van der Waals surface area contributed by atoms with Crippen LogP contribution in [0.1, 0.15) is 84.2 Å². The third kappa shape index (κ3) is 6.96. The molecule has 0 bridgehead atoms. The molecule has 0 aliphatic carbocycles. The Balaban J connectivity index is 1.95. The molecule has 3 rings (SSSR count). The van der Waals surface area contributed by atoms with Crippen LogP contribution in [-0.2, 0) is 9.53 Å².